The zero-order valence-electron chi connectivity index (χ0n) is 22.0. The predicted molar refractivity (Wildman–Crippen MR) is 156 cm³/mol. The van der Waals surface area contributed by atoms with E-state index in [9.17, 15) is 4.79 Å². The van der Waals surface area contributed by atoms with Crippen LogP contribution >= 0.6 is 11.6 Å². The summed E-state index contributed by atoms with van der Waals surface area (Å²) in [6, 6.07) is 29.2. The highest BCUT2D eigenvalue weighted by molar-refractivity contribution is 6.30. The summed E-state index contributed by atoms with van der Waals surface area (Å²) in [6.45, 7) is 2.38. The third-order valence-corrected chi connectivity index (χ3v) is 7.38. The topological polar surface area (TPSA) is 58.3 Å². The Kier molecular flexibility index (Phi) is 6.37. The molecule has 0 radical (unpaired) electrons. The maximum Gasteiger partial charge on any atom is 0.322 e. The third kappa shape index (κ3) is 4.55. The Morgan fingerprint density at radius 3 is 2.46 bits per heavy atom. The molecule has 2 aromatic heterocycles. The number of rotatable bonds is 4. The molecule has 7 nitrogen and oxygen atoms in total. The first-order chi connectivity index (χ1) is 18.9. The van der Waals surface area contributed by atoms with Crippen molar-refractivity contribution in [1.82, 2.24) is 19.2 Å². The number of nitrogens with zero attached hydrogens (tertiary/aromatic N) is 5. The van der Waals surface area contributed by atoms with E-state index in [1.807, 2.05) is 85.3 Å². The standard InChI is InChI=1S/C31H29ClN6O/c1-21-27-20-37(31(39)33-24-10-7-9-23(32)19-24)29(22-14-16-25(17-15-22)35(2)3)28-13-8-18-36(28)30(27)38(34-21)26-11-5-4-6-12-26/h4-19,29H,20H2,1-3H3,(H,33,39). The number of fused-ring (bicyclic) bond motifs is 3. The SMILES string of the molecule is Cc1nn(-c2ccccc2)c2c1CN(C(=O)Nc1cccc(Cl)c1)C(c1ccc(N(C)C)cc1)c1cccn1-2. The number of para-hydroxylation sites is 1. The van der Waals surface area contributed by atoms with Gasteiger partial charge in [0.1, 0.15) is 5.82 Å². The Labute approximate surface area is 232 Å². The predicted octanol–water partition coefficient (Wildman–Crippen LogP) is 6.83. The Bertz CT molecular complexity index is 1640. The second kappa shape index (κ2) is 10.0. The van der Waals surface area contributed by atoms with Crippen LogP contribution in [0.15, 0.2) is 97.2 Å². The summed E-state index contributed by atoms with van der Waals surface area (Å²) < 4.78 is 4.14. The summed E-state index contributed by atoms with van der Waals surface area (Å²) in [5, 5.41) is 8.56. The molecular weight excluding hydrogens is 508 g/mol. The molecule has 3 heterocycles. The molecule has 1 unspecified atom stereocenters. The van der Waals surface area contributed by atoms with Crippen molar-refractivity contribution in [3.05, 3.63) is 125 Å². The molecule has 0 saturated carbocycles. The van der Waals surface area contributed by atoms with Crippen LogP contribution in [-0.2, 0) is 6.54 Å². The zero-order valence-corrected chi connectivity index (χ0v) is 22.8. The molecule has 39 heavy (non-hydrogen) atoms. The van der Waals surface area contributed by atoms with Crippen molar-refractivity contribution in [2.75, 3.05) is 24.3 Å². The smallest absolute Gasteiger partial charge is 0.322 e. The molecule has 0 fully saturated rings. The van der Waals surface area contributed by atoms with Gasteiger partial charge < -0.3 is 19.7 Å². The maximum absolute atomic E-state index is 14.0. The highest BCUT2D eigenvalue weighted by atomic mass is 35.5. The molecule has 0 bridgehead atoms. The number of nitrogens with one attached hydrogen (secondary N) is 1. The van der Waals surface area contributed by atoms with E-state index < -0.39 is 0 Å². The molecule has 6 rings (SSSR count). The van der Waals surface area contributed by atoms with E-state index in [0.717, 1.165) is 39.7 Å². The van der Waals surface area contributed by atoms with Crippen molar-refractivity contribution in [2.45, 2.75) is 19.5 Å². The summed E-state index contributed by atoms with van der Waals surface area (Å²) >= 11 is 6.22. The second-order valence-corrected chi connectivity index (χ2v) is 10.3. The fraction of sp³-hybridized carbons (Fsp3) is 0.161. The highest BCUT2D eigenvalue weighted by Gasteiger charge is 2.36. The van der Waals surface area contributed by atoms with E-state index in [-0.39, 0.29) is 12.1 Å². The van der Waals surface area contributed by atoms with Crippen molar-refractivity contribution in [2.24, 2.45) is 0 Å². The van der Waals surface area contributed by atoms with Gasteiger partial charge in [-0.2, -0.15) is 5.10 Å². The first-order valence-corrected chi connectivity index (χ1v) is 13.2. The van der Waals surface area contributed by atoms with Crippen LogP contribution in [0.5, 0.6) is 0 Å². The number of aromatic nitrogens is 3. The average molecular weight is 537 g/mol. The van der Waals surface area contributed by atoms with Gasteiger partial charge in [0.15, 0.2) is 0 Å². The van der Waals surface area contributed by atoms with E-state index in [1.165, 1.54) is 0 Å². The van der Waals surface area contributed by atoms with Crippen LogP contribution in [0.1, 0.15) is 28.6 Å². The van der Waals surface area contributed by atoms with Crippen LogP contribution in [0.2, 0.25) is 5.02 Å². The monoisotopic (exact) mass is 536 g/mol. The van der Waals surface area contributed by atoms with Crippen molar-refractivity contribution in [3.8, 4) is 11.5 Å². The number of hydrogen-bond donors (Lipinski definition) is 1. The third-order valence-electron chi connectivity index (χ3n) is 7.15. The second-order valence-electron chi connectivity index (χ2n) is 9.89. The van der Waals surface area contributed by atoms with E-state index in [1.54, 1.807) is 12.1 Å². The van der Waals surface area contributed by atoms with Gasteiger partial charge in [-0.15, -0.1) is 0 Å². The van der Waals surface area contributed by atoms with Crippen molar-refractivity contribution in [1.29, 1.82) is 0 Å². The fourth-order valence-electron chi connectivity index (χ4n) is 5.22. The number of anilines is 2. The zero-order chi connectivity index (χ0) is 27.1. The van der Waals surface area contributed by atoms with Gasteiger partial charge in [0.05, 0.1) is 29.7 Å². The minimum atomic E-state index is -0.341. The lowest BCUT2D eigenvalue weighted by atomic mass is 10.0. The molecule has 1 atom stereocenters. The quantitative estimate of drug-likeness (QED) is 0.274. The van der Waals surface area contributed by atoms with Gasteiger partial charge >= 0.3 is 6.03 Å². The summed E-state index contributed by atoms with van der Waals surface area (Å²) in [4.78, 5) is 18.0. The van der Waals surface area contributed by atoms with Gasteiger partial charge in [-0.25, -0.2) is 9.48 Å². The normalized spacial score (nSPS) is 14.4. The largest absolute Gasteiger partial charge is 0.378 e. The Morgan fingerprint density at radius 2 is 1.74 bits per heavy atom. The van der Waals surface area contributed by atoms with Gasteiger partial charge in [0.2, 0.25) is 0 Å². The molecule has 0 spiro atoms. The Balaban J connectivity index is 1.52. The van der Waals surface area contributed by atoms with Crippen LogP contribution in [-0.4, -0.2) is 39.4 Å². The van der Waals surface area contributed by atoms with E-state index in [2.05, 4.69) is 45.1 Å². The summed E-state index contributed by atoms with van der Waals surface area (Å²) in [5.74, 6) is 0.937. The van der Waals surface area contributed by atoms with E-state index in [4.69, 9.17) is 16.7 Å². The summed E-state index contributed by atoms with van der Waals surface area (Å²) in [6.07, 6.45) is 2.05. The number of aryl methyl sites for hydroxylation is 1. The van der Waals surface area contributed by atoms with Crippen LogP contribution in [0.3, 0.4) is 0 Å². The number of hydrogen-bond acceptors (Lipinski definition) is 3. The van der Waals surface area contributed by atoms with Gasteiger partial charge in [0.25, 0.3) is 0 Å². The van der Waals surface area contributed by atoms with Crippen LogP contribution in [0, 0.1) is 6.92 Å². The van der Waals surface area contributed by atoms with Gasteiger partial charge in [-0.3, -0.25) is 0 Å². The molecule has 1 aliphatic heterocycles. The summed E-state index contributed by atoms with van der Waals surface area (Å²) in [7, 11) is 4.04. The van der Waals surface area contributed by atoms with Crippen molar-refractivity contribution < 1.29 is 4.79 Å². The molecule has 196 valence electrons. The van der Waals surface area contributed by atoms with E-state index >= 15 is 0 Å². The lowest BCUT2D eigenvalue weighted by Crippen LogP contribution is -2.38. The Morgan fingerprint density at radius 1 is 0.974 bits per heavy atom. The lowest BCUT2D eigenvalue weighted by Gasteiger charge is -2.31. The molecule has 0 aliphatic carbocycles. The number of amides is 2. The van der Waals surface area contributed by atoms with Crippen LogP contribution < -0.4 is 10.2 Å². The van der Waals surface area contributed by atoms with Crippen molar-refractivity contribution in [3.63, 3.8) is 0 Å². The van der Waals surface area contributed by atoms with E-state index in [0.29, 0.717) is 17.3 Å². The van der Waals surface area contributed by atoms with Gasteiger partial charge in [-0.1, -0.05) is 48.0 Å². The molecule has 2 amide bonds. The molecule has 1 N–H and O–H groups in total. The number of urea groups is 1. The molecule has 3 aromatic carbocycles. The first kappa shape index (κ1) is 24.8. The number of benzene rings is 3. The minimum Gasteiger partial charge on any atom is -0.378 e. The molecular formula is C31H29ClN6O. The van der Waals surface area contributed by atoms with Crippen molar-refractivity contribution >= 4 is 29.0 Å². The van der Waals surface area contributed by atoms with Gasteiger partial charge in [-0.05, 0) is 67.1 Å². The molecule has 5 aromatic rings. The fourth-order valence-corrected chi connectivity index (χ4v) is 5.41. The molecule has 1 aliphatic rings. The van der Waals surface area contributed by atoms with Crippen LogP contribution in [0.25, 0.3) is 11.5 Å². The maximum atomic E-state index is 14.0. The average Bonchev–Trinajstić information content (AvgIpc) is 3.49. The minimum absolute atomic E-state index is 0.216. The first-order valence-electron chi connectivity index (χ1n) is 12.8. The highest BCUT2D eigenvalue weighted by Crippen LogP contribution is 2.39. The molecule has 8 heteroatoms. The Hall–Kier alpha value is -4.49. The number of carbonyl (C=O) groups is 1. The van der Waals surface area contributed by atoms with Gasteiger partial charge in [0, 0.05) is 42.3 Å². The lowest BCUT2D eigenvalue weighted by molar-refractivity contribution is 0.194. The number of carbonyl (C=O) groups excluding carboxylic acids is 1. The number of halogens is 1. The molecule has 0 saturated heterocycles. The summed E-state index contributed by atoms with van der Waals surface area (Å²) in [5.41, 5.74) is 6.56. The van der Waals surface area contributed by atoms with Crippen LogP contribution in [0.4, 0.5) is 16.2 Å².